The number of nitrogens with one attached hydrogen (secondary N) is 2. The van der Waals surface area contributed by atoms with Crippen LogP contribution in [0.1, 0.15) is 17.3 Å². The van der Waals surface area contributed by atoms with Crippen LogP contribution in [0.25, 0.3) is 0 Å². The smallest absolute Gasteiger partial charge is 0.337 e. The molecule has 2 amide bonds. The number of anilines is 2. The van der Waals surface area contributed by atoms with Crippen molar-refractivity contribution in [3.05, 3.63) is 96.1 Å². The van der Waals surface area contributed by atoms with E-state index in [2.05, 4.69) is 15.4 Å². The molecule has 0 bridgehead atoms. The highest BCUT2D eigenvalue weighted by Gasteiger charge is 2.11. The molecule has 0 aliphatic carbocycles. The predicted molar refractivity (Wildman–Crippen MR) is 122 cm³/mol. The minimum Gasteiger partial charge on any atom is -0.465 e. The van der Waals surface area contributed by atoms with Crippen molar-refractivity contribution < 1.29 is 23.9 Å². The van der Waals surface area contributed by atoms with Crippen LogP contribution in [0.3, 0.4) is 0 Å². The molecule has 0 aliphatic heterocycles. The molecule has 32 heavy (non-hydrogen) atoms. The highest BCUT2D eigenvalue weighted by molar-refractivity contribution is 6.10. The lowest BCUT2D eigenvalue weighted by molar-refractivity contribution is -0.114. The lowest BCUT2D eigenvalue weighted by atomic mass is 10.2. The molecule has 0 fully saturated rings. The van der Waals surface area contributed by atoms with Crippen molar-refractivity contribution in [1.82, 2.24) is 0 Å². The van der Waals surface area contributed by atoms with E-state index in [1.807, 2.05) is 30.3 Å². The molecular weight excluding hydrogens is 408 g/mol. The first-order valence-corrected chi connectivity index (χ1v) is 9.77. The van der Waals surface area contributed by atoms with Gasteiger partial charge in [0.15, 0.2) is 5.75 Å². The quantitative estimate of drug-likeness (QED) is 0.415. The Hall–Kier alpha value is -4.39. The van der Waals surface area contributed by atoms with E-state index >= 15 is 0 Å². The van der Waals surface area contributed by atoms with Gasteiger partial charge in [0.25, 0.3) is 5.91 Å². The molecule has 0 unspecified atom stereocenters. The van der Waals surface area contributed by atoms with Crippen LogP contribution in [0.15, 0.2) is 90.5 Å². The number of methoxy groups -OCH3 is 1. The zero-order valence-electron chi connectivity index (χ0n) is 17.6. The molecule has 162 valence electrons. The number of benzene rings is 3. The van der Waals surface area contributed by atoms with Gasteiger partial charge < -0.3 is 20.1 Å². The third-order valence-corrected chi connectivity index (χ3v) is 4.39. The summed E-state index contributed by atoms with van der Waals surface area (Å²) in [7, 11) is 1.30. The Morgan fingerprint density at radius 2 is 1.47 bits per heavy atom. The maximum absolute atomic E-state index is 12.5. The number of rotatable bonds is 7. The largest absolute Gasteiger partial charge is 0.465 e. The van der Waals surface area contributed by atoms with Crippen molar-refractivity contribution in [3.8, 4) is 11.5 Å². The van der Waals surface area contributed by atoms with Crippen LogP contribution in [0.4, 0.5) is 11.4 Å². The highest BCUT2D eigenvalue weighted by Crippen LogP contribution is 2.29. The topological polar surface area (TPSA) is 93.7 Å². The van der Waals surface area contributed by atoms with Crippen LogP contribution >= 0.6 is 0 Å². The third kappa shape index (κ3) is 6.06. The average molecular weight is 430 g/mol. The molecule has 0 aliphatic rings. The fraction of sp³-hybridized carbons (Fsp3) is 0.0800. The van der Waals surface area contributed by atoms with Gasteiger partial charge in [-0.2, -0.15) is 0 Å². The number of para-hydroxylation sites is 3. The minimum atomic E-state index is -0.470. The van der Waals surface area contributed by atoms with Crippen molar-refractivity contribution in [2.75, 3.05) is 17.7 Å². The Morgan fingerprint density at radius 3 is 2.16 bits per heavy atom. The molecular formula is C25H22N2O5. The van der Waals surface area contributed by atoms with Gasteiger partial charge in [0.1, 0.15) is 5.75 Å². The SMILES string of the molecule is COC(=O)c1ccc(NC(=O)/C(C)=C/C(=O)Nc2ccccc2Oc2ccccc2)cc1. The summed E-state index contributed by atoms with van der Waals surface area (Å²) >= 11 is 0. The van der Waals surface area contributed by atoms with Gasteiger partial charge in [-0.3, -0.25) is 9.59 Å². The molecule has 0 radical (unpaired) electrons. The van der Waals surface area contributed by atoms with E-state index in [9.17, 15) is 14.4 Å². The number of carbonyl (C=O) groups is 3. The zero-order chi connectivity index (χ0) is 22.9. The lowest BCUT2D eigenvalue weighted by Crippen LogP contribution is -2.16. The summed E-state index contributed by atoms with van der Waals surface area (Å²) in [5, 5.41) is 5.41. The number of amides is 2. The molecule has 7 heteroatoms. The van der Waals surface area contributed by atoms with E-state index < -0.39 is 17.8 Å². The second kappa shape index (κ2) is 10.6. The molecule has 0 heterocycles. The Morgan fingerprint density at radius 1 is 0.812 bits per heavy atom. The van der Waals surface area contributed by atoms with E-state index in [1.54, 1.807) is 36.4 Å². The van der Waals surface area contributed by atoms with Crippen molar-refractivity contribution in [2.45, 2.75) is 6.92 Å². The molecule has 0 atom stereocenters. The summed E-state index contributed by atoms with van der Waals surface area (Å²) < 4.78 is 10.5. The molecule has 7 nitrogen and oxygen atoms in total. The Labute approximate surface area is 185 Å². The molecule has 0 aromatic heterocycles. The number of esters is 1. The van der Waals surface area contributed by atoms with Gasteiger partial charge in [0.2, 0.25) is 5.91 Å². The van der Waals surface area contributed by atoms with Gasteiger partial charge in [-0.1, -0.05) is 30.3 Å². The van der Waals surface area contributed by atoms with Gasteiger partial charge in [-0.25, -0.2) is 4.79 Å². The van der Waals surface area contributed by atoms with E-state index in [4.69, 9.17) is 4.74 Å². The van der Waals surface area contributed by atoms with Gasteiger partial charge in [0, 0.05) is 17.3 Å². The molecule has 0 saturated heterocycles. The van der Waals surface area contributed by atoms with Crippen molar-refractivity contribution >= 4 is 29.2 Å². The second-order valence-electron chi connectivity index (χ2n) is 6.75. The maximum Gasteiger partial charge on any atom is 0.337 e. The Kier molecular flexibility index (Phi) is 7.37. The first kappa shape index (κ1) is 22.3. The lowest BCUT2D eigenvalue weighted by Gasteiger charge is -2.11. The zero-order valence-corrected chi connectivity index (χ0v) is 17.6. The first-order valence-electron chi connectivity index (χ1n) is 9.77. The van der Waals surface area contributed by atoms with Gasteiger partial charge in [-0.05, 0) is 55.5 Å². The maximum atomic E-state index is 12.5. The van der Waals surface area contributed by atoms with Gasteiger partial charge >= 0.3 is 5.97 Å². The molecule has 0 spiro atoms. The highest BCUT2D eigenvalue weighted by atomic mass is 16.5. The van der Waals surface area contributed by atoms with E-state index in [0.29, 0.717) is 28.4 Å². The van der Waals surface area contributed by atoms with E-state index in [1.165, 1.54) is 32.2 Å². The summed E-state index contributed by atoms with van der Waals surface area (Å²) in [6.07, 6.45) is 1.21. The number of carbonyl (C=O) groups excluding carboxylic acids is 3. The summed E-state index contributed by atoms with van der Waals surface area (Å²) in [6.45, 7) is 1.53. The molecule has 2 N–H and O–H groups in total. The number of hydrogen-bond donors (Lipinski definition) is 2. The molecule has 3 aromatic carbocycles. The molecule has 3 aromatic rings. The van der Waals surface area contributed by atoms with Gasteiger partial charge in [-0.15, -0.1) is 0 Å². The monoisotopic (exact) mass is 430 g/mol. The van der Waals surface area contributed by atoms with Crippen LogP contribution < -0.4 is 15.4 Å². The second-order valence-corrected chi connectivity index (χ2v) is 6.75. The van der Waals surface area contributed by atoms with Crippen molar-refractivity contribution in [1.29, 1.82) is 0 Å². The number of ether oxygens (including phenoxy) is 2. The summed E-state index contributed by atoms with van der Waals surface area (Å²) in [6, 6.07) is 22.5. The van der Waals surface area contributed by atoms with Crippen LogP contribution in [-0.2, 0) is 14.3 Å². The van der Waals surface area contributed by atoms with Crippen LogP contribution in [0.2, 0.25) is 0 Å². The first-order chi connectivity index (χ1) is 15.5. The normalized spacial score (nSPS) is 10.8. The summed E-state index contributed by atoms with van der Waals surface area (Å²) in [4.78, 5) is 36.4. The summed E-state index contributed by atoms with van der Waals surface area (Å²) in [5.74, 6) is -0.262. The van der Waals surface area contributed by atoms with Gasteiger partial charge in [0.05, 0.1) is 18.4 Å². The average Bonchev–Trinajstić information content (AvgIpc) is 2.81. The van der Waals surface area contributed by atoms with Crippen molar-refractivity contribution in [3.63, 3.8) is 0 Å². The predicted octanol–water partition coefficient (Wildman–Crippen LogP) is 4.79. The minimum absolute atomic E-state index is 0.209. The third-order valence-electron chi connectivity index (χ3n) is 4.39. The molecule has 3 rings (SSSR count). The van der Waals surface area contributed by atoms with E-state index in [-0.39, 0.29) is 5.57 Å². The standard InChI is InChI=1S/C25H22N2O5/c1-17(24(29)26-19-14-12-18(13-15-19)25(30)31-2)16-23(28)27-21-10-6-7-11-22(21)32-20-8-4-3-5-9-20/h3-16H,1-2H3,(H,26,29)(H,27,28)/b17-16+. The summed E-state index contributed by atoms with van der Waals surface area (Å²) in [5.41, 5.74) is 1.54. The van der Waals surface area contributed by atoms with Crippen LogP contribution in [-0.4, -0.2) is 24.9 Å². The number of hydrogen-bond acceptors (Lipinski definition) is 5. The van der Waals surface area contributed by atoms with Crippen LogP contribution in [0, 0.1) is 0 Å². The van der Waals surface area contributed by atoms with Crippen molar-refractivity contribution in [2.24, 2.45) is 0 Å². The fourth-order valence-corrected chi connectivity index (χ4v) is 2.74. The fourth-order valence-electron chi connectivity index (χ4n) is 2.74. The molecule has 0 saturated carbocycles. The van der Waals surface area contributed by atoms with E-state index in [0.717, 1.165) is 0 Å². The Balaban J connectivity index is 1.64. The Bertz CT molecular complexity index is 1140. The van der Waals surface area contributed by atoms with Crippen LogP contribution in [0.5, 0.6) is 11.5 Å².